The molecule has 1 fully saturated rings. The number of unbranched alkanes of at least 4 members (excludes halogenated alkanes) is 3. The molecule has 1 aliphatic rings. The Kier molecular flexibility index (Phi) is 8.77. The molecule has 4 rings (SSSR count). The van der Waals surface area contributed by atoms with Crippen LogP contribution in [0.5, 0.6) is 5.75 Å². The summed E-state index contributed by atoms with van der Waals surface area (Å²) in [5, 5.41) is 4.88. The molecule has 0 radical (unpaired) electrons. The molecule has 35 heavy (non-hydrogen) atoms. The summed E-state index contributed by atoms with van der Waals surface area (Å²) < 4.78 is 8.38. The zero-order valence-corrected chi connectivity index (χ0v) is 21.9. The smallest absolute Gasteiger partial charge is 0.266 e. The van der Waals surface area contributed by atoms with Gasteiger partial charge in [0, 0.05) is 23.9 Å². The van der Waals surface area contributed by atoms with Crippen molar-refractivity contribution in [1.82, 2.24) is 14.7 Å². The summed E-state index contributed by atoms with van der Waals surface area (Å²) >= 11 is 6.80. The van der Waals surface area contributed by atoms with Gasteiger partial charge >= 0.3 is 0 Å². The standard InChI is InChI=1S/C28H31N3O2S2/c1-3-5-6-10-18-33-24-15-13-21(14-16-24)26-22(20-31(29-26)23-11-8-7-9-12-23)19-25-27(32)30(17-4-2)28(34)35-25/h7-9,11-16,19-20H,3-6,10,17-18H2,1-2H3/b25-19-. The van der Waals surface area contributed by atoms with Gasteiger partial charge in [0.05, 0.1) is 22.9 Å². The van der Waals surface area contributed by atoms with E-state index in [4.69, 9.17) is 22.1 Å². The van der Waals surface area contributed by atoms with Gasteiger partial charge in [-0.2, -0.15) is 5.10 Å². The average molecular weight is 506 g/mol. The number of amides is 1. The molecule has 2 heterocycles. The molecule has 182 valence electrons. The number of thiocarbonyl (C=S) groups is 1. The van der Waals surface area contributed by atoms with E-state index in [1.807, 2.05) is 78.5 Å². The summed E-state index contributed by atoms with van der Waals surface area (Å²) in [6.45, 7) is 5.62. The Labute approximate surface area is 217 Å². The lowest BCUT2D eigenvalue weighted by Crippen LogP contribution is -2.28. The highest BCUT2D eigenvalue weighted by Gasteiger charge is 2.31. The Morgan fingerprint density at radius 3 is 2.49 bits per heavy atom. The molecular formula is C28H31N3O2S2. The van der Waals surface area contributed by atoms with E-state index in [1.165, 1.54) is 31.0 Å². The fourth-order valence-corrected chi connectivity index (χ4v) is 5.22. The van der Waals surface area contributed by atoms with Gasteiger partial charge in [0.15, 0.2) is 0 Å². The van der Waals surface area contributed by atoms with Crippen molar-refractivity contribution in [3.8, 4) is 22.7 Å². The van der Waals surface area contributed by atoms with Crippen LogP contribution in [0.1, 0.15) is 51.5 Å². The number of hydrogen-bond acceptors (Lipinski definition) is 5. The van der Waals surface area contributed by atoms with Gasteiger partial charge in [-0.05, 0) is 55.3 Å². The van der Waals surface area contributed by atoms with Crippen molar-refractivity contribution in [2.24, 2.45) is 0 Å². The van der Waals surface area contributed by atoms with Crippen LogP contribution in [0.2, 0.25) is 0 Å². The van der Waals surface area contributed by atoms with Crippen molar-refractivity contribution in [2.45, 2.75) is 46.0 Å². The van der Waals surface area contributed by atoms with Gasteiger partial charge in [-0.1, -0.05) is 75.3 Å². The monoisotopic (exact) mass is 505 g/mol. The van der Waals surface area contributed by atoms with Crippen LogP contribution < -0.4 is 4.74 Å². The third kappa shape index (κ3) is 6.21. The van der Waals surface area contributed by atoms with Crippen LogP contribution in [-0.2, 0) is 4.79 Å². The van der Waals surface area contributed by atoms with Crippen LogP contribution in [0, 0.1) is 0 Å². The number of benzene rings is 2. The van der Waals surface area contributed by atoms with Crippen LogP contribution >= 0.6 is 24.0 Å². The number of carbonyl (C=O) groups excluding carboxylic acids is 1. The number of rotatable bonds is 11. The van der Waals surface area contributed by atoms with E-state index < -0.39 is 0 Å². The Bertz CT molecular complexity index is 1190. The third-order valence-electron chi connectivity index (χ3n) is 5.77. The molecule has 0 unspecified atom stereocenters. The number of aromatic nitrogens is 2. The molecule has 1 aromatic heterocycles. The summed E-state index contributed by atoms with van der Waals surface area (Å²) in [4.78, 5) is 15.3. The molecule has 0 N–H and O–H groups in total. The summed E-state index contributed by atoms with van der Waals surface area (Å²) in [6, 6.07) is 18.0. The third-order valence-corrected chi connectivity index (χ3v) is 7.14. The number of ether oxygens (including phenoxy) is 1. The lowest BCUT2D eigenvalue weighted by atomic mass is 10.1. The second-order valence-corrected chi connectivity index (χ2v) is 10.2. The predicted molar refractivity (Wildman–Crippen MR) is 149 cm³/mol. The maximum Gasteiger partial charge on any atom is 0.266 e. The molecule has 0 spiro atoms. The van der Waals surface area contributed by atoms with Crippen LogP contribution in [0.15, 0.2) is 65.7 Å². The van der Waals surface area contributed by atoms with Crippen LogP contribution in [-0.4, -0.2) is 38.1 Å². The van der Waals surface area contributed by atoms with E-state index in [-0.39, 0.29) is 5.91 Å². The van der Waals surface area contributed by atoms with Crippen molar-refractivity contribution in [2.75, 3.05) is 13.2 Å². The Morgan fingerprint density at radius 2 is 1.77 bits per heavy atom. The van der Waals surface area contributed by atoms with E-state index in [9.17, 15) is 4.79 Å². The molecule has 7 heteroatoms. The minimum Gasteiger partial charge on any atom is -0.494 e. The SMILES string of the molecule is CCCCCCOc1ccc(-c2nn(-c3ccccc3)cc2/C=C2\SC(=S)N(CCC)C2=O)cc1. The highest BCUT2D eigenvalue weighted by atomic mass is 32.2. The highest BCUT2D eigenvalue weighted by molar-refractivity contribution is 8.26. The van der Waals surface area contributed by atoms with E-state index in [2.05, 4.69) is 6.92 Å². The molecule has 1 amide bonds. The first-order chi connectivity index (χ1) is 17.1. The minimum atomic E-state index is -0.0351. The number of hydrogen-bond donors (Lipinski definition) is 0. The van der Waals surface area contributed by atoms with E-state index >= 15 is 0 Å². The number of carbonyl (C=O) groups is 1. The van der Waals surface area contributed by atoms with Crippen molar-refractivity contribution in [3.63, 3.8) is 0 Å². The summed E-state index contributed by atoms with van der Waals surface area (Å²) in [7, 11) is 0. The maximum atomic E-state index is 13.0. The first-order valence-electron chi connectivity index (χ1n) is 12.2. The molecule has 1 aliphatic heterocycles. The Hall–Kier alpha value is -2.90. The average Bonchev–Trinajstić information content (AvgIpc) is 3.41. The van der Waals surface area contributed by atoms with E-state index in [1.54, 1.807) is 4.90 Å². The molecule has 0 bridgehead atoms. The normalized spacial score (nSPS) is 14.8. The number of thioether (sulfide) groups is 1. The van der Waals surface area contributed by atoms with Crippen molar-refractivity contribution < 1.29 is 9.53 Å². The molecule has 2 aromatic carbocycles. The first kappa shape index (κ1) is 25.2. The Morgan fingerprint density at radius 1 is 1.00 bits per heavy atom. The van der Waals surface area contributed by atoms with Gasteiger partial charge in [-0.15, -0.1) is 0 Å². The molecule has 5 nitrogen and oxygen atoms in total. The quantitative estimate of drug-likeness (QED) is 0.158. The zero-order chi connectivity index (χ0) is 24.6. The molecule has 0 saturated carbocycles. The van der Waals surface area contributed by atoms with Crippen LogP contribution in [0.3, 0.4) is 0 Å². The fourth-order valence-electron chi connectivity index (χ4n) is 3.92. The zero-order valence-electron chi connectivity index (χ0n) is 20.3. The van der Waals surface area contributed by atoms with Crippen LogP contribution in [0.25, 0.3) is 23.0 Å². The molecular weight excluding hydrogens is 474 g/mol. The molecule has 1 saturated heterocycles. The second-order valence-electron chi connectivity index (χ2n) is 8.48. The predicted octanol–water partition coefficient (Wildman–Crippen LogP) is 7.11. The number of nitrogens with zero attached hydrogens (tertiary/aromatic N) is 3. The largest absolute Gasteiger partial charge is 0.494 e. The summed E-state index contributed by atoms with van der Waals surface area (Å²) in [5.74, 6) is 0.821. The van der Waals surface area contributed by atoms with Crippen LogP contribution in [0.4, 0.5) is 0 Å². The Balaban J connectivity index is 1.62. The lowest BCUT2D eigenvalue weighted by Gasteiger charge is -2.11. The fraction of sp³-hybridized carbons (Fsp3) is 0.321. The van der Waals surface area contributed by atoms with Gasteiger partial charge in [0.25, 0.3) is 5.91 Å². The van der Waals surface area contributed by atoms with Gasteiger partial charge in [0.2, 0.25) is 0 Å². The van der Waals surface area contributed by atoms with Gasteiger partial charge in [-0.3, -0.25) is 9.69 Å². The molecule has 0 atom stereocenters. The maximum absolute atomic E-state index is 13.0. The molecule has 0 aliphatic carbocycles. The summed E-state index contributed by atoms with van der Waals surface area (Å²) in [5.41, 5.74) is 3.61. The number of para-hydroxylation sites is 1. The molecule has 3 aromatic rings. The van der Waals surface area contributed by atoms with Gasteiger partial charge in [0.1, 0.15) is 10.1 Å². The lowest BCUT2D eigenvalue weighted by molar-refractivity contribution is -0.122. The minimum absolute atomic E-state index is 0.0351. The van der Waals surface area contributed by atoms with Crippen molar-refractivity contribution >= 4 is 40.3 Å². The second kappa shape index (κ2) is 12.2. The van der Waals surface area contributed by atoms with E-state index in [0.717, 1.165) is 47.7 Å². The topological polar surface area (TPSA) is 47.4 Å². The van der Waals surface area contributed by atoms with E-state index in [0.29, 0.717) is 15.8 Å². The van der Waals surface area contributed by atoms with Gasteiger partial charge in [-0.25, -0.2) is 4.68 Å². The first-order valence-corrected chi connectivity index (χ1v) is 13.5. The highest BCUT2D eigenvalue weighted by Crippen LogP contribution is 2.35. The van der Waals surface area contributed by atoms with Crippen molar-refractivity contribution in [3.05, 3.63) is 71.3 Å². The van der Waals surface area contributed by atoms with Gasteiger partial charge < -0.3 is 4.74 Å². The summed E-state index contributed by atoms with van der Waals surface area (Å²) in [6.07, 6.45) is 9.46. The van der Waals surface area contributed by atoms with Crippen molar-refractivity contribution in [1.29, 1.82) is 0 Å².